The highest BCUT2D eigenvalue weighted by atomic mass is 16.3. The number of nitrogens with one attached hydrogen (secondary N) is 2. The van der Waals surface area contributed by atoms with Crippen molar-refractivity contribution in [2.24, 2.45) is 0 Å². The van der Waals surface area contributed by atoms with E-state index in [2.05, 4.69) is 20.6 Å². The summed E-state index contributed by atoms with van der Waals surface area (Å²) in [6.45, 7) is 0.343. The van der Waals surface area contributed by atoms with Gasteiger partial charge in [-0.2, -0.15) is 0 Å². The molecule has 0 saturated heterocycles. The summed E-state index contributed by atoms with van der Waals surface area (Å²) in [5, 5.41) is 6.08. The van der Waals surface area contributed by atoms with Gasteiger partial charge >= 0.3 is 0 Å². The Kier molecular flexibility index (Phi) is 4.14. The van der Waals surface area contributed by atoms with E-state index in [0.29, 0.717) is 24.0 Å². The number of hydrogen-bond donors (Lipinski definition) is 2. The lowest BCUT2D eigenvalue weighted by molar-refractivity contribution is 0.0942. The molecule has 21 heavy (non-hydrogen) atoms. The van der Waals surface area contributed by atoms with Gasteiger partial charge in [0.1, 0.15) is 17.3 Å². The molecule has 1 fully saturated rings. The van der Waals surface area contributed by atoms with Crippen LogP contribution in [0.4, 0.5) is 5.82 Å². The van der Waals surface area contributed by atoms with Crippen molar-refractivity contribution in [3.63, 3.8) is 0 Å². The number of carbonyl (C=O) groups is 1. The number of amides is 1. The monoisotopic (exact) mass is 286 g/mol. The molecule has 2 aromatic heterocycles. The van der Waals surface area contributed by atoms with Crippen molar-refractivity contribution < 1.29 is 9.21 Å². The third-order valence-electron chi connectivity index (χ3n) is 3.59. The lowest BCUT2D eigenvalue weighted by atomic mass is 10.2. The molecular weight excluding hydrogens is 268 g/mol. The summed E-state index contributed by atoms with van der Waals surface area (Å²) < 4.78 is 5.15. The zero-order chi connectivity index (χ0) is 14.5. The minimum absolute atomic E-state index is 0.258. The van der Waals surface area contributed by atoms with E-state index in [9.17, 15) is 4.79 Å². The largest absolute Gasteiger partial charge is 0.467 e. The van der Waals surface area contributed by atoms with Gasteiger partial charge in [-0.1, -0.05) is 12.8 Å². The fourth-order valence-electron chi connectivity index (χ4n) is 2.47. The lowest BCUT2D eigenvalue weighted by Crippen LogP contribution is -2.24. The van der Waals surface area contributed by atoms with Crippen molar-refractivity contribution in [2.75, 3.05) is 5.32 Å². The Morgan fingerprint density at radius 1 is 1.29 bits per heavy atom. The quantitative estimate of drug-likeness (QED) is 0.882. The molecule has 0 spiro atoms. The average molecular weight is 286 g/mol. The van der Waals surface area contributed by atoms with E-state index in [4.69, 9.17) is 4.42 Å². The van der Waals surface area contributed by atoms with Gasteiger partial charge in [-0.25, -0.2) is 9.97 Å². The van der Waals surface area contributed by atoms with Crippen molar-refractivity contribution in [1.29, 1.82) is 0 Å². The van der Waals surface area contributed by atoms with Crippen LogP contribution in [0.5, 0.6) is 0 Å². The van der Waals surface area contributed by atoms with Crippen LogP contribution < -0.4 is 10.6 Å². The second-order valence-electron chi connectivity index (χ2n) is 5.17. The summed E-state index contributed by atoms with van der Waals surface area (Å²) in [6, 6.07) is 4.07. The predicted octanol–water partition coefficient (Wildman–Crippen LogP) is 2.35. The van der Waals surface area contributed by atoms with Crippen molar-refractivity contribution in [3.05, 3.63) is 42.2 Å². The van der Waals surface area contributed by atoms with Crippen LogP contribution >= 0.6 is 0 Å². The molecule has 1 saturated carbocycles. The van der Waals surface area contributed by atoms with Gasteiger partial charge in [0, 0.05) is 6.04 Å². The Balaban J connectivity index is 1.54. The Hall–Kier alpha value is -2.37. The molecule has 0 aromatic carbocycles. The highest BCUT2D eigenvalue weighted by molar-refractivity contribution is 5.91. The van der Waals surface area contributed by atoms with Crippen LogP contribution in [0.1, 0.15) is 41.9 Å². The van der Waals surface area contributed by atoms with Gasteiger partial charge in [-0.05, 0) is 25.0 Å². The minimum atomic E-state index is -0.258. The van der Waals surface area contributed by atoms with Crippen LogP contribution in [0, 0.1) is 0 Å². The second kappa shape index (κ2) is 6.39. The SMILES string of the molecule is O=C(NCc1ccco1)c1cnc(NC2CCCC2)cn1. The topological polar surface area (TPSA) is 80.0 Å². The van der Waals surface area contributed by atoms with Crippen molar-refractivity contribution in [1.82, 2.24) is 15.3 Å². The number of rotatable bonds is 5. The molecular formula is C15H18N4O2. The Morgan fingerprint density at radius 2 is 2.14 bits per heavy atom. The van der Waals surface area contributed by atoms with Crippen molar-refractivity contribution in [3.8, 4) is 0 Å². The van der Waals surface area contributed by atoms with Gasteiger partial charge in [-0.15, -0.1) is 0 Å². The van der Waals surface area contributed by atoms with Crippen LogP contribution in [0.25, 0.3) is 0 Å². The van der Waals surface area contributed by atoms with Gasteiger partial charge in [0.25, 0.3) is 5.91 Å². The van der Waals surface area contributed by atoms with Crippen molar-refractivity contribution >= 4 is 11.7 Å². The summed E-state index contributed by atoms with van der Waals surface area (Å²) in [6.07, 6.45) is 9.55. The van der Waals surface area contributed by atoms with Crippen LogP contribution in [0.2, 0.25) is 0 Å². The molecule has 2 N–H and O–H groups in total. The lowest BCUT2D eigenvalue weighted by Gasteiger charge is -2.12. The molecule has 2 heterocycles. The molecule has 6 nitrogen and oxygen atoms in total. The van der Waals surface area contributed by atoms with Gasteiger partial charge in [0.05, 0.1) is 25.2 Å². The third-order valence-corrected chi connectivity index (χ3v) is 3.59. The maximum Gasteiger partial charge on any atom is 0.271 e. The Labute approximate surface area is 123 Å². The minimum Gasteiger partial charge on any atom is -0.467 e. The molecule has 6 heteroatoms. The molecule has 0 aliphatic heterocycles. The summed E-state index contributed by atoms with van der Waals surface area (Å²) in [7, 11) is 0. The van der Waals surface area contributed by atoms with Crippen LogP contribution in [-0.2, 0) is 6.54 Å². The van der Waals surface area contributed by atoms with Crippen LogP contribution in [0.15, 0.2) is 35.2 Å². The smallest absolute Gasteiger partial charge is 0.271 e. The van der Waals surface area contributed by atoms with E-state index in [1.165, 1.54) is 31.9 Å². The van der Waals surface area contributed by atoms with E-state index in [-0.39, 0.29) is 5.91 Å². The maximum atomic E-state index is 11.9. The van der Waals surface area contributed by atoms with E-state index in [1.54, 1.807) is 24.6 Å². The molecule has 1 aliphatic rings. The molecule has 3 rings (SSSR count). The van der Waals surface area contributed by atoms with Gasteiger partial charge in [0.2, 0.25) is 0 Å². The third kappa shape index (κ3) is 3.59. The first-order valence-corrected chi connectivity index (χ1v) is 7.20. The highest BCUT2D eigenvalue weighted by Crippen LogP contribution is 2.20. The summed E-state index contributed by atoms with van der Waals surface area (Å²) in [5.41, 5.74) is 0.304. The van der Waals surface area contributed by atoms with Crippen LogP contribution in [0.3, 0.4) is 0 Å². The number of anilines is 1. The first-order chi connectivity index (χ1) is 10.3. The highest BCUT2D eigenvalue weighted by Gasteiger charge is 2.15. The Morgan fingerprint density at radius 3 is 2.81 bits per heavy atom. The normalized spacial score (nSPS) is 15.0. The first-order valence-electron chi connectivity index (χ1n) is 7.20. The number of aromatic nitrogens is 2. The van der Waals surface area contributed by atoms with E-state index in [1.807, 2.05) is 0 Å². The summed E-state index contributed by atoms with van der Waals surface area (Å²) >= 11 is 0. The summed E-state index contributed by atoms with van der Waals surface area (Å²) in [5.74, 6) is 1.17. The van der Waals surface area contributed by atoms with E-state index >= 15 is 0 Å². The van der Waals surface area contributed by atoms with Crippen molar-refractivity contribution in [2.45, 2.75) is 38.3 Å². The van der Waals surface area contributed by atoms with Crippen LogP contribution in [-0.4, -0.2) is 21.9 Å². The molecule has 1 aliphatic carbocycles. The van der Waals surface area contributed by atoms with Gasteiger partial charge in [-0.3, -0.25) is 4.79 Å². The van der Waals surface area contributed by atoms with E-state index < -0.39 is 0 Å². The fourth-order valence-corrected chi connectivity index (χ4v) is 2.47. The molecule has 110 valence electrons. The fraction of sp³-hybridized carbons (Fsp3) is 0.400. The zero-order valence-corrected chi connectivity index (χ0v) is 11.7. The molecule has 2 aromatic rings. The molecule has 0 bridgehead atoms. The second-order valence-corrected chi connectivity index (χ2v) is 5.17. The molecule has 0 unspecified atom stereocenters. The molecule has 1 amide bonds. The number of hydrogen-bond acceptors (Lipinski definition) is 5. The first kappa shape index (κ1) is 13.6. The number of nitrogens with zero attached hydrogens (tertiary/aromatic N) is 2. The van der Waals surface area contributed by atoms with E-state index in [0.717, 1.165) is 5.82 Å². The summed E-state index contributed by atoms with van der Waals surface area (Å²) in [4.78, 5) is 20.3. The predicted molar refractivity (Wildman–Crippen MR) is 77.8 cm³/mol. The van der Waals surface area contributed by atoms with Gasteiger partial charge < -0.3 is 15.1 Å². The number of furan rings is 1. The maximum absolute atomic E-state index is 11.9. The average Bonchev–Trinajstić information content (AvgIpc) is 3.19. The molecule has 0 atom stereocenters. The molecule has 0 radical (unpaired) electrons. The van der Waals surface area contributed by atoms with Gasteiger partial charge in [0.15, 0.2) is 0 Å². The zero-order valence-electron chi connectivity index (χ0n) is 11.7. The Bertz CT molecular complexity index is 574. The standard InChI is InChI=1S/C15H18N4O2/c20-15(18-8-12-6-3-7-21-12)13-9-17-14(10-16-13)19-11-4-1-2-5-11/h3,6-7,9-11H,1-2,4-5,8H2,(H,17,19)(H,18,20). The number of carbonyl (C=O) groups excluding carboxylic acids is 1.